The zero-order valence-electron chi connectivity index (χ0n) is 9.35. The molecule has 84 valence electrons. The second kappa shape index (κ2) is 4.89. The number of benzene rings is 1. The summed E-state index contributed by atoms with van der Waals surface area (Å²) in [5.41, 5.74) is 0. The van der Waals surface area contributed by atoms with Crippen LogP contribution < -0.4 is 9.47 Å². The number of methoxy groups -OCH3 is 1. The fraction of sp³-hybridized carbons (Fsp3) is 0.462. The molecule has 1 aliphatic carbocycles. The number of rotatable bonds is 3. The first-order valence-electron chi connectivity index (χ1n) is 5.54. The van der Waals surface area contributed by atoms with Crippen LogP contribution in [0.25, 0.3) is 0 Å². The van der Waals surface area contributed by atoms with Gasteiger partial charge in [0.15, 0.2) is 0 Å². The van der Waals surface area contributed by atoms with Gasteiger partial charge in [-0.2, -0.15) is 5.26 Å². The molecule has 2 atom stereocenters. The Labute approximate surface area is 95.6 Å². The highest BCUT2D eigenvalue weighted by molar-refractivity contribution is 5.33. The van der Waals surface area contributed by atoms with Gasteiger partial charge in [-0.3, -0.25) is 0 Å². The van der Waals surface area contributed by atoms with Crippen molar-refractivity contribution in [1.29, 1.82) is 5.26 Å². The zero-order valence-corrected chi connectivity index (χ0v) is 9.35. The highest BCUT2D eigenvalue weighted by Crippen LogP contribution is 2.30. The highest BCUT2D eigenvalue weighted by atomic mass is 16.5. The van der Waals surface area contributed by atoms with E-state index in [0.29, 0.717) is 0 Å². The van der Waals surface area contributed by atoms with Gasteiger partial charge in [-0.05, 0) is 31.4 Å². The van der Waals surface area contributed by atoms with Gasteiger partial charge in [-0.1, -0.05) is 6.07 Å². The molecular formula is C13H15NO2. The Balaban J connectivity index is 2.06. The van der Waals surface area contributed by atoms with Gasteiger partial charge in [0.25, 0.3) is 0 Å². The smallest absolute Gasteiger partial charge is 0.123 e. The van der Waals surface area contributed by atoms with Crippen LogP contribution in [0, 0.1) is 17.2 Å². The molecule has 16 heavy (non-hydrogen) atoms. The first kappa shape index (κ1) is 10.8. The molecule has 0 radical (unpaired) electrons. The van der Waals surface area contributed by atoms with E-state index in [1.807, 2.05) is 24.3 Å². The predicted molar refractivity (Wildman–Crippen MR) is 60.4 cm³/mol. The van der Waals surface area contributed by atoms with Crippen LogP contribution in [-0.2, 0) is 0 Å². The Bertz CT molecular complexity index is 397. The summed E-state index contributed by atoms with van der Waals surface area (Å²) in [7, 11) is 1.63. The minimum atomic E-state index is 0.0335. The monoisotopic (exact) mass is 217 g/mol. The maximum atomic E-state index is 8.96. The lowest BCUT2D eigenvalue weighted by Crippen LogP contribution is -2.19. The first-order valence-corrected chi connectivity index (χ1v) is 5.54. The standard InChI is InChI=1S/C13H15NO2/c1-15-11-5-3-6-12(8-11)16-13-7-2-4-10(13)9-14/h3,5-6,8,10,13H,2,4,7H2,1H3. The normalized spacial score (nSPS) is 23.8. The fourth-order valence-corrected chi connectivity index (χ4v) is 2.06. The van der Waals surface area contributed by atoms with Crippen LogP contribution in [0.3, 0.4) is 0 Å². The molecule has 0 spiro atoms. The van der Waals surface area contributed by atoms with Crippen LogP contribution in [0.2, 0.25) is 0 Å². The lowest BCUT2D eigenvalue weighted by atomic mass is 10.1. The molecule has 1 aromatic rings. The molecule has 1 fully saturated rings. The largest absolute Gasteiger partial charge is 0.497 e. The molecule has 1 aliphatic rings. The van der Waals surface area contributed by atoms with Gasteiger partial charge in [0.05, 0.1) is 19.1 Å². The van der Waals surface area contributed by atoms with Crippen molar-refractivity contribution in [2.24, 2.45) is 5.92 Å². The minimum Gasteiger partial charge on any atom is -0.497 e. The third-order valence-electron chi connectivity index (χ3n) is 2.95. The second-order valence-corrected chi connectivity index (χ2v) is 4.00. The number of hydrogen-bond acceptors (Lipinski definition) is 3. The van der Waals surface area contributed by atoms with Crippen molar-refractivity contribution in [3.05, 3.63) is 24.3 Å². The highest BCUT2D eigenvalue weighted by Gasteiger charge is 2.28. The summed E-state index contributed by atoms with van der Waals surface area (Å²) in [6, 6.07) is 9.83. The van der Waals surface area contributed by atoms with Crippen LogP contribution in [-0.4, -0.2) is 13.2 Å². The van der Waals surface area contributed by atoms with Gasteiger partial charge in [-0.15, -0.1) is 0 Å². The summed E-state index contributed by atoms with van der Waals surface area (Å²) >= 11 is 0. The van der Waals surface area contributed by atoms with Gasteiger partial charge >= 0.3 is 0 Å². The van der Waals surface area contributed by atoms with Gasteiger partial charge in [0, 0.05) is 6.07 Å². The molecule has 0 aromatic heterocycles. The Morgan fingerprint density at radius 1 is 1.31 bits per heavy atom. The van der Waals surface area contributed by atoms with Crippen molar-refractivity contribution in [2.75, 3.05) is 7.11 Å². The third kappa shape index (κ3) is 2.27. The lowest BCUT2D eigenvalue weighted by molar-refractivity contribution is 0.182. The summed E-state index contributed by atoms with van der Waals surface area (Å²) in [5, 5.41) is 8.96. The molecule has 2 rings (SSSR count). The summed E-state index contributed by atoms with van der Waals surface area (Å²) in [4.78, 5) is 0. The number of ether oxygens (including phenoxy) is 2. The van der Waals surface area contributed by atoms with E-state index >= 15 is 0 Å². The lowest BCUT2D eigenvalue weighted by Gasteiger charge is -2.16. The fourth-order valence-electron chi connectivity index (χ4n) is 2.06. The maximum absolute atomic E-state index is 8.96. The molecule has 3 nitrogen and oxygen atoms in total. The molecule has 0 heterocycles. The Morgan fingerprint density at radius 3 is 2.88 bits per heavy atom. The zero-order chi connectivity index (χ0) is 11.4. The molecule has 1 saturated carbocycles. The molecule has 3 heteroatoms. The Hall–Kier alpha value is -1.69. The van der Waals surface area contributed by atoms with Crippen LogP contribution in [0.15, 0.2) is 24.3 Å². The number of nitrogens with zero attached hydrogens (tertiary/aromatic N) is 1. The first-order chi connectivity index (χ1) is 7.83. The van der Waals surface area contributed by atoms with Gasteiger partial charge < -0.3 is 9.47 Å². The van der Waals surface area contributed by atoms with E-state index in [4.69, 9.17) is 14.7 Å². The van der Waals surface area contributed by atoms with Crippen molar-refractivity contribution >= 4 is 0 Å². The summed E-state index contributed by atoms with van der Waals surface area (Å²) in [5.74, 6) is 1.60. The van der Waals surface area contributed by atoms with Crippen molar-refractivity contribution in [2.45, 2.75) is 25.4 Å². The second-order valence-electron chi connectivity index (χ2n) is 4.00. The molecule has 0 N–H and O–H groups in total. The van der Waals surface area contributed by atoms with Gasteiger partial charge in [0.1, 0.15) is 17.6 Å². The number of hydrogen-bond donors (Lipinski definition) is 0. The van der Waals surface area contributed by atoms with E-state index in [9.17, 15) is 0 Å². The topological polar surface area (TPSA) is 42.2 Å². The molecule has 0 aliphatic heterocycles. The van der Waals surface area contributed by atoms with Crippen molar-refractivity contribution in [3.63, 3.8) is 0 Å². The molecular weight excluding hydrogens is 202 g/mol. The van der Waals surface area contributed by atoms with Crippen LogP contribution in [0.1, 0.15) is 19.3 Å². The van der Waals surface area contributed by atoms with Crippen LogP contribution in [0.4, 0.5) is 0 Å². The van der Waals surface area contributed by atoms with E-state index in [0.717, 1.165) is 30.8 Å². The predicted octanol–water partition coefficient (Wildman–Crippen LogP) is 2.77. The van der Waals surface area contributed by atoms with Crippen molar-refractivity contribution in [3.8, 4) is 17.6 Å². The van der Waals surface area contributed by atoms with Crippen LogP contribution >= 0.6 is 0 Å². The minimum absolute atomic E-state index is 0.0335. The molecule has 0 saturated heterocycles. The quantitative estimate of drug-likeness (QED) is 0.781. The van der Waals surface area contributed by atoms with E-state index in [1.54, 1.807) is 7.11 Å². The summed E-state index contributed by atoms with van der Waals surface area (Å²) < 4.78 is 10.9. The SMILES string of the molecule is COc1cccc(OC2CCCC2C#N)c1. The van der Waals surface area contributed by atoms with Gasteiger partial charge in [0.2, 0.25) is 0 Å². The van der Waals surface area contributed by atoms with E-state index in [2.05, 4.69) is 6.07 Å². The summed E-state index contributed by atoms with van der Waals surface area (Å²) in [6.07, 6.45) is 3.03. The average molecular weight is 217 g/mol. The molecule has 0 bridgehead atoms. The molecule has 1 aromatic carbocycles. The third-order valence-corrected chi connectivity index (χ3v) is 2.95. The van der Waals surface area contributed by atoms with E-state index in [1.165, 1.54) is 0 Å². The Kier molecular flexibility index (Phi) is 3.31. The molecule has 0 amide bonds. The Morgan fingerprint density at radius 2 is 2.12 bits per heavy atom. The number of nitriles is 1. The van der Waals surface area contributed by atoms with Crippen LogP contribution in [0.5, 0.6) is 11.5 Å². The average Bonchev–Trinajstić information content (AvgIpc) is 2.76. The van der Waals surface area contributed by atoms with E-state index in [-0.39, 0.29) is 12.0 Å². The van der Waals surface area contributed by atoms with E-state index < -0.39 is 0 Å². The van der Waals surface area contributed by atoms with Crippen molar-refractivity contribution in [1.82, 2.24) is 0 Å². The molecule has 2 unspecified atom stereocenters. The van der Waals surface area contributed by atoms with Gasteiger partial charge in [-0.25, -0.2) is 0 Å². The summed E-state index contributed by atoms with van der Waals surface area (Å²) in [6.45, 7) is 0. The maximum Gasteiger partial charge on any atom is 0.123 e. The van der Waals surface area contributed by atoms with Crippen molar-refractivity contribution < 1.29 is 9.47 Å².